The molecule has 0 saturated carbocycles. The van der Waals surface area contributed by atoms with Crippen LogP contribution >= 0.6 is 0 Å². The third-order valence-electron chi connectivity index (χ3n) is 4.82. The second kappa shape index (κ2) is 10.5. The Morgan fingerprint density at radius 1 is 1.07 bits per heavy atom. The van der Waals surface area contributed by atoms with Crippen molar-refractivity contribution >= 4 is 11.9 Å². The summed E-state index contributed by atoms with van der Waals surface area (Å²) in [5, 5.41) is 6.14. The fraction of sp³-hybridized carbons (Fsp3) is 0.391. The molecule has 0 aromatic heterocycles. The summed E-state index contributed by atoms with van der Waals surface area (Å²) in [5.74, 6) is 1.49. The molecule has 1 amide bonds. The van der Waals surface area contributed by atoms with Crippen LogP contribution in [0.3, 0.4) is 0 Å². The van der Waals surface area contributed by atoms with Gasteiger partial charge < -0.3 is 20.3 Å². The number of fused-ring (bicyclic) bond motifs is 1. The first-order chi connectivity index (χ1) is 14.2. The smallest absolute Gasteiger partial charge is 0.257 e. The summed E-state index contributed by atoms with van der Waals surface area (Å²) >= 11 is 0. The Morgan fingerprint density at radius 2 is 1.86 bits per heavy atom. The molecular formula is C23H30N4O2. The lowest BCUT2D eigenvalue weighted by Crippen LogP contribution is -2.44. The average molecular weight is 395 g/mol. The van der Waals surface area contributed by atoms with E-state index in [0.717, 1.165) is 37.6 Å². The van der Waals surface area contributed by atoms with Gasteiger partial charge in [0.2, 0.25) is 0 Å². The molecule has 0 unspecified atom stereocenters. The molecule has 0 aliphatic carbocycles. The van der Waals surface area contributed by atoms with Crippen LogP contribution in [0.2, 0.25) is 0 Å². The maximum absolute atomic E-state index is 11.6. The van der Waals surface area contributed by atoms with E-state index in [9.17, 15) is 4.79 Å². The number of ether oxygens (including phenoxy) is 1. The summed E-state index contributed by atoms with van der Waals surface area (Å²) in [6.07, 6.45) is 1.03. The standard InChI is InChI=1S/C23H30N4O2/c1-3-24-22(28)17-29-21-11-7-8-18(14-21)15-26-23(25-4-2)27-13-12-19-9-5-6-10-20(19)16-27/h5-11,14H,3-4,12-13,15-17H2,1-2H3,(H,24,28)(H,25,26). The van der Waals surface area contributed by atoms with Gasteiger partial charge in [-0.25, -0.2) is 4.99 Å². The van der Waals surface area contributed by atoms with E-state index in [1.807, 2.05) is 31.2 Å². The zero-order valence-electron chi connectivity index (χ0n) is 17.3. The van der Waals surface area contributed by atoms with Crippen LogP contribution in [0.1, 0.15) is 30.5 Å². The van der Waals surface area contributed by atoms with Crippen LogP contribution in [0, 0.1) is 0 Å². The molecule has 2 N–H and O–H groups in total. The van der Waals surface area contributed by atoms with Crippen molar-refractivity contribution in [2.45, 2.75) is 33.4 Å². The molecule has 0 spiro atoms. The maximum atomic E-state index is 11.6. The number of hydrogen-bond acceptors (Lipinski definition) is 3. The minimum atomic E-state index is -0.115. The zero-order chi connectivity index (χ0) is 20.5. The van der Waals surface area contributed by atoms with E-state index >= 15 is 0 Å². The molecule has 6 heteroatoms. The lowest BCUT2D eigenvalue weighted by atomic mass is 10.0. The Labute approximate surface area is 173 Å². The number of guanidine groups is 1. The number of nitrogens with zero attached hydrogens (tertiary/aromatic N) is 2. The lowest BCUT2D eigenvalue weighted by Gasteiger charge is -2.31. The van der Waals surface area contributed by atoms with Crippen molar-refractivity contribution in [2.24, 2.45) is 4.99 Å². The van der Waals surface area contributed by atoms with Crippen LogP contribution < -0.4 is 15.4 Å². The summed E-state index contributed by atoms with van der Waals surface area (Å²) in [6, 6.07) is 16.4. The van der Waals surface area contributed by atoms with Crippen molar-refractivity contribution in [3.8, 4) is 5.75 Å². The summed E-state index contributed by atoms with van der Waals surface area (Å²) in [5.41, 5.74) is 3.84. The molecule has 1 aliphatic heterocycles. The number of rotatable bonds is 7. The third kappa shape index (κ3) is 5.98. The quantitative estimate of drug-likeness (QED) is 0.560. The van der Waals surface area contributed by atoms with Crippen LogP contribution in [0.5, 0.6) is 5.75 Å². The molecule has 2 aromatic carbocycles. The van der Waals surface area contributed by atoms with Gasteiger partial charge in [-0.1, -0.05) is 36.4 Å². The minimum absolute atomic E-state index is 0.0242. The molecule has 29 heavy (non-hydrogen) atoms. The first-order valence-corrected chi connectivity index (χ1v) is 10.3. The minimum Gasteiger partial charge on any atom is -0.484 e. The molecule has 1 aliphatic rings. The number of carbonyl (C=O) groups excluding carboxylic acids is 1. The number of benzene rings is 2. The third-order valence-corrected chi connectivity index (χ3v) is 4.82. The van der Waals surface area contributed by atoms with Crippen molar-refractivity contribution in [1.82, 2.24) is 15.5 Å². The van der Waals surface area contributed by atoms with Crippen LogP contribution in [0.4, 0.5) is 0 Å². The second-order valence-electron chi connectivity index (χ2n) is 7.00. The number of likely N-dealkylation sites (N-methyl/N-ethyl adjacent to an activating group) is 1. The summed E-state index contributed by atoms with van der Waals surface area (Å²) in [7, 11) is 0. The van der Waals surface area contributed by atoms with E-state index in [-0.39, 0.29) is 12.5 Å². The van der Waals surface area contributed by atoms with Gasteiger partial charge in [0.15, 0.2) is 12.6 Å². The highest BCUT2D eigenvalue weighted by Gasteiger charge is 2.18. The molecule has 0 atom stereocenters. The number of amides is 1. The molecule has 6 nitrogen and oxygen atoms in total. The molecule has 1 heterocycles. The highest BCUT2D eigenvalue weighted by Crippen LogP contribution is 2.19. The summed E-state index contributed by atoms with van der Waals surface area (Å²) < 4.78 is 5.58. The second-order valence-corrected chi connectivity index (χ2v) is 7.00. The van der Waals surface area contributed by atoms with Crippen molar-refractivity contribution in [2.75, 3.05) is 26.2 Å². The van der Waals surface area contributed by atoms with E-state index in [0.29, 0.717) is 18.8 Å². The Balaban J connectivity index is 1.65. The van der Waals surface area contributed by atoms with E-state index in [4.69, 9.17) is 9.73 Å². The van der Waals surface area contributed by atoms with E-state index < -0.39 is 0 Å². The Hall–Kier alpha value is -3.02. The zero-order valence-corrected chi connectivity index (χ0v) is 17.3. The largest absolute Gasteiger partial charge is 0.484 e. The van der Waals surface area contributed by atoms with Gasteiger partial charge in [0.1, 0.15) is 5.75 Å². The number of carbonyl (C=O) groups is 1. The van der Waals surface area contributed by atoms with Gasteiger partial charge in [0.25, 0.3) is 5.91 Å². The Bertz CT molecular complexity index is 850. The van der Waals surface area contributed by atoms with E-state index in [1.165, 1.54) is 11.1 Å². The van der Waals surface area contributed by atoms with Crippen molar-refractivity contribution in [3.63, 3.8) is 0 Å². The fourth-order valence-corrected chi connectivity index (χ4v) is 3.40. The lowest BCUT2D eigenvalue weighted by molar-refractivity contribution is -0.122. The van der Waals surface area contributed by atoms with Gasteiger partial charge in [-0.15, -0.1) is 0 Å². The van der Waals surface area contributed by atoms with Gasteiger partial charge >= 0.3 is 0 Å². The monoisotopic (exact) mass is 394 g/mol. The fourth-order valence-electron chi connectivity index (χ4n) is 3.40. The molecule has 154 valence electrons. The predicted molar refractivity (Wildman–Crippen MR) is 116 cm³/mol. The first kappa shape index (κ1) is 20.7. The molecule has 3 rings (SSSR count). The molecule has 0 saturated heterocycles. The number of aliphatic imine (C=N–C) groups is 1. The van der Waals surface area contributed by atoms with Crippen LogP contribution in [0.15, 0.2) is 53.5 Å². The average Bonchev–Trinajstić information content (AvgIpc) is 2.75. The molecule has 0 radical (unpaired) electrons. The van der Waals surface area contributed by atoms with Gasteiger partial charge in [0.05, 0.1) is 6.54 Å². The summed E-state index contributed by atoms with van der Waals surface area (Å²) in [6.45, 7) is 7.81. The van der Waals surface area contributed by atoms with Gasteiger partial charge in [-0.05, 0) is 49.1 Å². The number of hydrogen-bond donors (Lipinski definition) is 2. The Morgan fingerprint density at radius 3 is 2.66 bits per heavy atom. The summed E-state index contributed by atoms with van der Waals surface area (Å²) in [4.78, 5) is 18.7. The van der Waals surface area contributed by atoms with Gasteiger partial charge in [0, 0.05) is 26.2 Å². The van der Waals surface area contributed by atoms with Crippen molar-refractivity contribution < 1.29 is 9.53 Å². The highest BCUT2D eigenvalue weighted by atomic mass is 16.5. The SMILES string of the molecule is CCNC(=O)COc1cccc(CN=C(NCC)N2CCc3ccccc3C2)c1. The molecular weight excluding hydrogens is 364 g/mol. The van der Waals surface area contributed by atoms with E-state index in [2.05, 4.69) is 46.7 Å². The van der Waals surface area contributed by atoms with Crippen molar-refractivity contribution in [3.05, 3.63) is 65.2 Å². The molecule has 2 aromatic rings. The van der Waals surface area contributed by atoms with Crippen molar-refractivity contribution in [1.29, 1.82) is 0 Å². The van der Waals surface area contributed by atoms with Gasteiger partial charge in [-0.3, -0.25) is 4.79 Å². The first-order valence-electron chi connectivity index (χ1n) is 10.3. The molecule has 0 fully saturated rings. The van der Waals surface area contributed by atoms with Gasteiger partial charge in [-0.2, -0.15) is 0 Å². The number of nitrogens with one attached hydrogen (secondary N) is 2. The Kier molecular flexibility index (Phi) is 7.50. The normalized spacial score (nSPS) is 13.6. The molecule has 0 bridgehead atoms. The van der Waals surface area contributed by atoms with Crippen LogP contribution in [-0.2, 0) is 24.3 Å². The van der Waals surface area contributed by atoms with Crippen LogP contribution in [-0.4, -0.2) is 43.0 Å². The maximum Gasteiger partial charge on any atom is 0.257 e. The van der Waals surface area contributed by atoms with E-state index in [1.54, 1.807) is 0 Å². The predicted octanol–water partition coefficient (Wildman–Crippen LogP) is 2.73. The highest BCUT2D eigenvalue weighted by molar-refractivity contribution is 5.80. The van der Waals surface area contributed by atoms with Crippen LogP contribution in [0.25, 0.3) is 0 Å². The topological polar surface area (TPSA) is 66.0 Å².